The Labute approximate surface area is 68.0 Å². The van der Waals surface area contributed by atoms with Gasteiger partial charge >= 0.3 is 0 Å². The summed E-state index contributed by atoms with van der Waals surface area (Å²) in [6.45, 7) is 5.94. The van der Waals surface area contributed by atoms with Gasteiger partial charge in [-0.05, 0) is 14.0 Å². The van der Waals surface area contributed by atoms with Crippen molar-refractivity contribution in [3.63, 3.8) is 0 Å². The van der Waals surface area contributed by atoms with Crippen LogP contribution in [0.15, 0.2) is 0 Å². The van der Waals surface area contributed by atoms with E-state index in [2.05, 4.69) is 23.8 Å². The van der Waals surface area contributed by atoms with Crippen molar-refractivity contribution in [2.24, 2.45) is 0 Å². The molecule has 0 spiro atoms. The summed E-state index contributed by atoms with van der Waals surface area (Å²) in [6.07, 6.45) is 0.988. The molecule has 1 unspecified atom stereocenters. The summed E-state index contributed by atoms with van der Waals surface area (Å²) in [6, 6.07) is 0.527. The molecule has 0 N–H and O–H groups in total. The molecular formula is C8H16N2O. The standard InChI is InChI=1S/C8H16N2O/c1-8-7-9(2)3-4-10(8)5-6-11/h6,8H,3-5,7H2,1-2H3. The molecule has 11 heavy (non-hydrogen) atoms. The molecule has 0 aromatic rings. The fourth-order valence-electron chi connectivity index (χ4n) is 1.54. The number of likely N-dealkylation sites (N-methyl/N-ethyl adjacent to an activating group) is 1. The average Bonchev–Trinajstić information content (AvgIpc) is 1.95. The summed E-state index contributed by atoms with van der Waals surface area (Å²) in [5.74, 6) is 0. The summed E-state index contributed by atoms with van der Waals surface area (Å²) < 4.78 is 0. The summed E-state index contributed by atoms with van der Waals surface area (Å²) in [7, 11) is 2.12. The first kappa shape index (κ1) is 8.68. The molecule has 0 aliphatic carbocycles. The Bertz CT molecular complexity index is 138. The summed E-state index contributed by atoms with van der Waals surface area (Å²) in [4.78, 5) is 14.8. The molecule has 1 aliphatic rings. The Morgan fingerprint density at radius 1 is 1.55 bits per heavy atom. The van der Waals surface area contributed by atoms with Crippen LogP contribution in [0.4, 0.5) is 0 Å². The molecule has 1 atom stereocenters. The highest BCUT2D eigenvalue weighted by atomic mass is 16.1. The Kier molecular flexibility index (Phi) is 3.02. The highest BCUT2D eigenvalue weighted by Gasteiger charge is 2.20. The zero-order valence-electron chi connectivity index (χ0n) is 7.29. The SMILES string of the molecule is CC1CN(C)CCN1CC=O. The van der Waals surface area contributed by atoms with Crippen molar-refractivity contribution < 1.29 is 4.79 Å². The van der Waals surface area contributed by atoms with Crippen molar-refractivity contribution in [1.82, 2.24) is 9.80 Å². The molecule has 1 saturated heterocycles. The highest BCUT2D eigenvalue weighted by molar-refractivity contribution is 5.52. The van der Waals surface area contributed by atoms with Gasteiger partial charge in [0.05, 0.1) is 6.54 Å². The van der Waals surface area contributed by atoms with E-state index in [4.69, 9.17) is 0 Å². The van der Waals surface area contributed by atoms with Crippen LogP contribution in [0, 0.1) is 0 Å². The topological polar surface area (TPSA) is 23.6 Å². The van der Waals surface area contributed by atoms with E-state index in [1.807, 2.05) is 0 Å². The van der Waals surface area contributed by atoms with Gasteiger partial charge in [0, 0.05) is 25.7 Å². The van der Waals surface area contributed by atoms with Crippen LogP contribution >= 0.6 is 0 Å². The van der Waals surface area contributed by atoms with Gasteiger partial charge in [-0.2, -0.15) is 0 Å². The number of carbonyl (C=O) groups is 1. The number of carbonyl (C=O) groups excluding carboxylic acids is 1. The predicted molar refractivity (Wildman–Crippen MR) is 44.6 cm³/mol. The normalized spacial score (nSPS) is 28.7. The van der Waals surface area contributed by atoms with E-state index >= 15 is 0 Å². The molecule has 0 bridgehead atoms. The largest absolute Gasteiger partial charge is 0.304 e. The van der Waals surface area contributed by atoms with Crippen molar-refractivity contribution >= 4 is 6.29 Å². The molecule has 0 aromatic carbocycles. The number of rotatable bonds is 2. The molecule has 1 fully saturated rings. The lowest BCUT2D eigenvalue weighted by molar-refractivity contribution is -0.109. The second kappa shape index (κ2) is 3.83. The van der Waals surface area contributed by atoms with Crippen LogP contribution in [-0.4, -0.2) is 55.4 Å². The van der Waals surface area contributed by atoms with Gasteiger partial charge < -0.3 is 9.69 Å². The zero-order valence-corrected chi connectivity index (χ0v) is 7.29. The highest BCUT2D eigenvalue weighted by Crippen LogP contribution is 2.05. The lowest BCUT2D eigenvalue weighted by atomic mass is 10.2. The molecule has 0 radical (unpaired) electrons. The number of nitrogens with zero attached hydrogens (tertiary/aromatic N) is 2. The fraction of sp³-hybridized carbons (Fsp3) is 0.875. The van der Waals surface area contributed by atoms with Crippen molar-refractivity contribution in [2.45, 2.75) is 13.0 Å². The van der Waals surface area contributed by atoms with Crippen LogP contribution in [0.5, 0.6) is 0 Å². The molecule has 1 aliphatic heterocycles. The molecule has 3 nitrogen and oxygen atoms in total. The van der Waals surface area contributed by atoms with E-state index in [-0.39, 0.29) is 0 Å². The van der Waals surface area contributed by atoms with Gasteiger partial charge in [0.25, 0.3) is 0 Å². The van der Waals surface area contributed by atoms with Crippen molar-refractivity contribution in [3.05, 3.63) is 0 Å². The lowest BCUT2D eigenvalue weighted by Gasteiger charge is -2.36. The number of piperazine rings is 1. The fourth-order valence-corrected chi connectivity index (χ4v) is 1.54. The van der Waals surface area contributed by atoms with E-state index in [9.17, 15) is 4.79 Å². The molecule has 0 saturated carbocycles. The average molecular weight is 156 g/mol. The molecule has 0 aromatic heterocycles. The zero-order chi connectivity index (χ0) is 8.27. The van der Waals surface area contributed by atoms with Crippen LogP contribution in [0.2, 0.25) is 0 Å². The van der Waals surface area contributed by atoms with Gasteiger partial charge in [0.15, 0.2) is 0 Å². The van der Waals surface area contributed by atoms with Gasteiger partial charge in [-0.1, -0.05) is 0 Å². The second-order valence-corrected chi connectivity index (χ2v) is 3.27. The first-order valence-electron chi connectivity index (χ1n) is 4.10. The number of hydrogen-bond donors (Lipinski definition) is 0. The van der Waals surface area contributed by atoms with E-state index in [0.717, 1.165) is 25.9 Å². The maximum Gasteiger partial charge on any atom is 0.133 e. The van der Waals surface area contributed by atoms with E-state index in [1.165, 1.54) is 0 Å². The summed E-state index contributed by atoms with van der Waals surface area (Å²) in [5, 5.41) is 0. The second-order valence-electron chi connectivity index (χ2n) is 3.27. The molecule has 3 heteroatoms. The van der Waals surface area contributed by atoms with Crippen molar-refractivity contribution in [3.8, 4) is 0 Å². The molecule has 1 rings (SSSR count). The minimum absolute atomic E-state index is 0.527. The maximum atomic E-state index is 10.2. The predicted octanol–water partition coefficient (Wildman–Crippen LogP) is -0.179. The van der Waals surface area contributed by atoms with Gasteiger partial charge in [-0.3, -0.25) is 4.90 Å². The minimum atomic E-state index is 0.527. The van der Waals surface area contributed by atoms with Crippen LogP contribution < -0.4 is 0 Å². The Morgan fingerprint density at radius 2 is 2.27 bits per heavy atom. The monoisotopic (exact) mass is 156 g/mol. The molecular weight excluding hydrogens is 140 g/mol. The van der Waals surface area contributed by atoms with Gasteiger partial charge in [-0.25, -0.2) is 0 Å². The van der Waals surface area contributed by atoms with E-state index < -0.39 is 0 Å². The number of hydrogen-bond acceptors (Lipinski definition) is 3. The third-order valence-electron chi connectivity index (χ3n) is 2.28. The summed E-state index contributed by atoms with van der Waals surface area (Å²) >= 11 is 0. The first-order valence-corrected chi connectivity index (χ1v) is 4.10. The molecule has 64 valence electrons. The quantitative estimate of drug-likeness (QED) is 0.518. The summed E-state index contributed by atoms with van der Waals surface area (Å²) in [5.41, 5.74) is 0. The van der Waals surface area contributed by atoms with E-state index in [0.29, 0.717) is 12.6 Å². The lowest BCUT2D eigenvalue weighted by Crippen LogP contribution is -2.50. The Morgan fingerprint density at radius 3 is 2.82 bits per heavy atom. The van der Waals surface area contributed by atoms with Crippen LogP contribution in [0.25, 0.3) is 0 Å². The van der Waals surface area contributed by atoms with Crippen LogP contribution in [0.1, 0.15) is 6.92 Å². The molecule has 0 amide bonds. The van der Waals surface area contributed by atoms with Gasteiger partial charge in [0.2, 0.25) is 0 Å². The van der Waals surface area contributed by atoms with Crippen LogP contribution in [-0.2, 0) is 4.79 Å². The first-order chi connectivity index (χ1) is 5.24. The number of aldehydes is 1. The minimum Gasteiger partial charge on any atom is -0.304 e. The van der Waals surface area contributed by atoms with Crippen LogP contribution in [0.3, 0.4) is 0 Å². The Hall–Kier alpha value is -0.410. The third-order valence-corrected chi connectivity index (χ3v) is 2.28. The van der Waals surface area contributed by atoms with Gasteiger partial charge in [-0.15, -0.1) is 0 Å². The van der Waals surface area contributed by atoms with Gasteiger partial charge in [0.1, 0.15) is 6.29 Å². The van der Waals surface area contributed by atoms with E-state index in [1.54, 1.807) is 0 Å². The maximum absolute atomic E-state index is 10.2. The Balaban J connectivity index is 2.37. The van der Waals surface area contributed by atoms with Crippen molar-refractivity contribution in [1.29, 1.82) is 0 Å². The molecule has 1 heterocycles. The third kappa shape index (κ3) is 2.27. The smallest absolute Gasteiger partial charge is 0.133 e. The van der Waals surface area contributed by atoms with Crippen molar-refractivity contribution in [2.75, 3.05) is 33.2 Å².